The van der Waals surface area contributed by atoms with Crippen molar-refractivity contribution in [2.75, 3.05) is 32.9 Å². The highest BCUT2D eigenvalue weighted by atomic mass is 16.3. The number of anilines is 1. The van der Waals surface area contributed by atoms with Gasteiger partial charge in [-0.15, -0.1) is 0 Å². The van der Waals surface area contributed by atoms with Gasteiger partial charge >= 0.3 is 0 Å². The highest BCUT2D eigenvalue weighted by molar-refractivity contribution is 5.94. The van der Waals surface area contributed by atoms with E-state index in [1.807, 2.05) is 19.0 Å². The minimum absolute atomic E-state index is 0.0371. The molecule has 19 heavy (non-hydrogen) atoms. The average molecular weight is 264 g/mol. The zero-order chi connectivity index (χ0) is 14.0. The van der Waals surface area contributed by atoms with Crippen LogP contribution in [0.4, 0.5) is 5.82 Å². The van der Waals surface area contributed by atoms with Crippen molar-refractivity contribution in [2.45, 2.75) is 18.6 Å². The molecular formula is C13H20N4O2. The Hall–Kier alpha value is -1.66. The SMILES string of the molecule is CN(C)CC1CC(O)CN1C(=O)c1ccc(N)nc1. The molecule has 1 aliphatic heterocycles. The van der Waals surface area contributed by atoms with E-state index in [4.69, 9.17) is 5.73 Å². The maximum atomic E-state index is 12.4. The minimum atomic E-state index is -0.448. The number of carbonyl (C=O) groups is 1. The molecule has 1 amide bonds. The van der Waals surface area contributed by atoms with Crippen molar-refractivity contribution in [3.8, 4) is 0 Å². The van der Waals surface area contributed by atoms with E-state index in [-0.39, 0.29) is 11.9 Å². The van der Waals surface area contributed by atoms with E-state index < -0.39 is 6.10 Å². The van der Waals surface area contributed by atoms with E-state index >= 15 is 0 Å². The number of pyridine rings is 1. The van der Waals surface area contributed by atoms with Gasteiger partial charge in [-0.1, -0.05) is 0 Å². The molecule has 0 bridgehead atoms. The number of β-amino-alcohol motifs (C(OH)–C–C–N with tert-alkyl or cyclic N) is 1. The first-order valence-electron chi connectivity index (χ1n) is 6.32. The number of aromatic nitrogens is 1. The number of rotatable bonds is 3. The Balaban J connectivity index is 2.14. The smallest absolute Gasteiger partial charge is 0.255 e. The molecule has 1 saturated heterocycles. The maximum absolute atomic E-state index is 12.4. The summed E-state index contributed by atoms with van der Waals surface area (Å²) in [5.74, 6) is 0.291. The molecule has 2 unspecified atom stereocenters. The van der Waals surface area contributed by atoms with Gasteiger partial charge in [0.15, 0.2) is 0 Å². The van der Waals surface area contributed by atoms with Crippen LogP contribution in [0.15, 0.2) is 18.3 Å². The number of hydrogen-bond donors (Lipinski definition) is 2. The number of aliphatic hydroxyl groups is 1. The topological polar surface area (TPSA) is 82.7 Å². The second kappa shape index (κ2) is 5.54. The van der Waals surface area contributed by atoms with Crippen LogP contribution >= 0.6 is 0 Å². The van der Waals surface area contributed by atoms with E-state index in [0.29, 0.717) is 24.3 Å². The van der Waals surface area contributed by atoms with Gasteiger partial charge in [0.1, 0.15) is 5.82 Å². The summed E-state index contributed by atoms with van der Waals surface area (Å²) >= 11 is 0. The lowest BCUT2D eigenvalue weighted by molar-refractivity contribution is 0.0699. The third kappa shape index (κ3) is 3.21. The summed E-state index contributed by atoms with van der Waals surface area (Å²) in [4.78, 5) is 20.1. The Bertz CT molecular complexity index is 446. The van der Waals surface area contributed by atoms with Crippen LogP contribution < -0.4 is 5.73 Å². The summed E-state index contributed by atoms with van der Waals surface area (Å²) in [6, 6.07) is 3.32. The molecule has 2 atom stereocenters. The van der Waals surface area contributed by atoms with Crippen molar-refractivity contribution in [3.05, 3.63) is 23.9 Å². The van der Waals surface area contributed by atoms with E-state index in [9.17, 15) is 9.90 Å². The summed E-state index contributed by atoms with van der Waals surface area (Å²) in [7, 11) is 3.91. The molecule has 0 spiro atoms. The number of likely N-dealkylation sites (tertiary alicyclic amines) is 1. The number of nitrogens with zero attached hydrogens (tertiary/aromatic N) is 3. The number of hydrogen-bond acceptors (Lipinski definition) is 5. The quantitative estimate of drug-likeness (QED) is 0.790. The average Bonchev–Trinajstić information content (AvgIpc) is 2.69. The lowest BCUT2D eigenvalue weighted by Crippen LogP contribution is -2.41. The molecule has 6 nitrogen and oxygen atoms in total. The van der Waals surface area contributed by atoms with Crippen LogP contribution in [0.25, 0.3) is 0 Å². The molecular weight excluding hydrogens is 244 g/mol. The Labute approximate surface area is 112 Å². The summed E-state index contributed by atoms with van der Waals surface area (Å²) in [5.41, 5.74) is 6.02. The van der Waals surface area contributed by atoms with Crippen LogP contribution in [0.5, 0.6) is 0 Å². The first-order valence-corrected chi connectivity index (χ1v) is 6.32. The second-order valence-corrected chi connectivity index (χ2v) is 5.23. The Kier molecular flexibility index (Phi) is 4.01. The minimum Gasteiger partial charge on any atom is -0.391 e. The van der Waals surface area contributed by atoms with Crippen molar-refractivity contribution in [1.29, 1.82) is 0 Å². The summed E-state index contributed by atoms with van der Waals surface area (Å²) < 4.78 is 0. The highest BCUT2D eigenvalue weighted by Crippen LogP contribution is 2.21. The molecule has 104 valence electrons. The monoisotopic (exact) mass is 264 g/mol. The first kappa shape index (κ1) is 13.8. The van der Waals surface area contributed by atoms with Crippen LogP contribution in [0.2, 0.25) is 0 Å². The Morgan fingerprint density at radius 3 is 2.89 bits per heavy atom. The van der Waals surface area contributed by atoms with Gasteiger partial charge in [-0.2, -0.15) is 0 Å². The van der Waals surface area contributed by atoms with Crippen molar-refractivity contribution < 1.29 is 9.90 Å². The predicted molar refractivity (Wildman–Crippen MR) is 72.7 cm³/mol. The molecule has 6 heteroatoms. The summed E-state index contributed by atoms with van der Waals surface area (Å²) in [5, 5.41) is 9.77. The third-order valence-electron chi connectivity index (χ3n) is 3.26. The van der Waals surface area contributed by atoms with Gasteiger partial charge < -0.3 is 20.6 Å². The molecule has 0 aromatic carbocycles. The number of likely N-dealkylation sites (N-methyl/N-ethyl adjacent to an activating group) is 1. The molecule has 1 aromatic rings. The fourth-order valence-electron chi connectivity index (χ4n) is 2.43. The van der Waals surface area contributed by atoms with Gasteiger partial charge in [0.05, 0.1) is 11.7 Å². The Morgan fingerprint density at radius 1 is 1.58 bits per heavy atom. The number of nitrogens with two attached hydrogens (primary N) is 1. The fraction of sp³-hybridized carbons (Fsp3) is 0.538. The standard InChI is InChI=1S/C13H20N4O2/c1-16(2)7-10-5-11(18)8-17(10)13(19)9-3-4-12(14)15-6-9/h3-4,6,10-11,18H,5,7-8H2,1-2H3,(H2,14,15). The molecule has 1 fully saturated rings. The number of carbonyl (C=O) groups excluding carboxylic acids is 1. The number of amides is 1. The number of nitrogen functional groups attached to an aromatic ring is 1. The zero-order valence-corrected chi connectivity index (χ0v) is 11.3. The predicted octanol–water partition coefficient (Wildman–Crippen LogP) is -0.199. The zero-order valence-electron chi connectivity index (χ0n) is 11.3. The van der Waals surface area contributed by atoms with Crippen LogP contribution in [0.1, 0.15) is 16.8 Å². The van der Waals surface area contributed by atoms with Gasteiger partial charge in [-0.25, -0.2) is 4.98 Å². The normalized spacial score (nSPS) is 23.1. The molecule has 0 aliphatic carbocycles. The largest absolute Gasteiger partial charge is 0.391 e. The molecule has 0 radical (unpaired) electrons. The van der Waals surface area contributed by atoms with Crippen molar-refractivity contribution in [3.63, 3.8) is 0 Å². The summed E-state index contributed by atoms with van der Waals surface area (Å²) in [6.07, 6.45) is 1.65. The van der Waals surface area contributed by atoms with Gasteiger partial charge in [0.2, 0.25) is 0 Å². The maximum Gasteiger partial charge on any atom is 0.255 e. The van der Waals surface area contributed by atoms with E-state index in [1.54, 1.807) is 17.0 Å². The summed E-state index contributed by atoms with van der Waals surface area (Å²) in [6.45, 7) is 1.12. The lowest BCUT2D eigenvalue weighted by Gasteiger charge is -2.26. The highest BCUT2D eigenvalue weighted by Gasteiger charge is 2.34. The van der Waals surface area contributed by atoms with Crippen molar-refractivity contribution in [1.82, 2.24) is 14.8 Å². The van der Waals surface area contributed by atoms with E-state index in [2.05, 4.69) is 4.98 Å². The molecule has 2 rings (SSSR count). The van der Waals surface area contributed by atoms with E-state index in [1.165, 1.54) is 6.20 Å². The molecule has 1 aliphatic rings. The first-order chi connectivity index (χ1) is 8.97. The van der Waals surface area contributed by atoms with Crippen molar-refractivity contribution in [2.24, 2.45) is 0 Å². The van der Waals surface area contributed by atoms with Crippen LogP contribution in [-0.2, 0) is 0 Å². The van der Waals surface area contributed by atoms with Crippen LogP contribution in [0, 0.1) is 0 Å². The van der Waals surface area contributed by atoms with Crippen LogP contribution in [0.3, 0.4) is 0 Å². The van der Waals surface area contributed by atoms with Gasteiger partial charge in [0.25, 0.3) is 5.91 Å². The fourth-order valence-corrected chi connectivity index (χ4v) is 2.43. The third-order valence-corrected chi connectivity index (χ3v) is 3.26. The Morgan fingerprint density at radius 2 is 2.32 bits per heavy atom. The molecule has 1 aromatic heterocycles. The van der Waals surface area contributed by atoms with E-state index in [0.717, 1.165) is 6.54 Å². The molecule has 2 heterocycles. The van der Waals surface area contributed by atoms with Gasteiger partial charge in [-0.05, 0) is 32.6 Å². The van der Waals surface area contributed by atoms with Crippen LogP contribution in [-0.4, -0.2) is 65.1 Å². The lowest BCUT2D eigenvalue weighted by atomic mass is 10.1. The van der Waals surface area contributed by atoms with Gasteiger partial charge in [0, 0.05) is 25.3 Å². The second-order valence-electron chi connectivity index (χ2n) is 5.23. The number of aliphatic hydroxyl groups excluding tert-OH is 1. The van der Waals surface area contributed by atoms with Gasteiger partial charge in [-0.3, -0.25) is 4.79 Å². The molecule has 3 N–H and O–H groups in total. The molecule has 0 saturated carbocycles. The van der Waals surface area contributed by atoms with Crippen molar-refractivity contribution >= 4 is 11.7 Å².